The number of benzene rings is 1. The first-order valence-corrected chi connectivity index (χ1v) is 5.71. The molecule has 17 heavy (non-hydrogen) atoms. The molecule has 0 saturated heterocycles. The fourth-order valence-corrected chi connectivity index (χ4v) is 1.99. The topological polar surface area (TPSA) is 63.9 Å². The van der Waals surface area contributed by atoms with Crippen molar-refractivity contribution in [3.8, 4) is 17.0 Å². The lowest BCUT2D eigenvalue weighted by atomic mass is 10.0. The van der Waals surface area contributed by atoms with Gasteiger partial charge in [0.1, 0.15) is 11.6 Å². The molecule has 0 atom stereocenters. The number of anilines is 1. The molecule has 90 valence electrons. The lowest BCUT2D eigenvalue weighted by Crippen LogP contribution is -1.93. The highest BCUT2D eigenvalue weighted by atomic mass is 35.5. The van der Waals surface area contributed by atoms with Crippen LogP contribution < -0.4 is 10.5 Å². The summed E-state index contributed by atoms with van der Waals surface area (Å²) in [4.78, 5) is 0. The Morgan fingerprint density at radius 1 is 1.47 bits per heavy atom. The molecule has 0 fully saturated rings. The van der Waals surface area contributed by atoms with E-state index in [-0.39, 0.29) is 0 Å². The zero-order chi connectivity index (χ0) is 12.4. The normalized spacial score (nSPS) is 10.5. The predicted molar refractivity (Wildman–Crippen MR) is 69.4 cm³/mol. The fourth-order valence-electron chi connectivity index (χ4n) is 1.83. The summed E-state index contributed by atoms with van der Waals surface area (Å²) >= 11 is 5.93. The first-order chi connectivity index (χ1) is 8.17. The average Bonchev–Trinajstić information content (AvgIpc) is 2.70. The fraction of sp³-hybridized carbons (Fsp3) is 0.250. The van der Waals surface area contributed by atoms with Crippen LogP contribution in [0, 0.1) is 0 Å². The monoisotopic (exact) mass is 251 g/mol. The van der Waals surface area contributed by atoms with Gasteiger partial charge in [-0.15, -0.1) is 0 Å². The third-order valence-electron chi connectivity index (χ3n) is 2.69. The van der Waals surface area contributed by atoms with Crippen LogP contribution in [-0.2, 0) is 6.42 Å². The molecule has 0 radical (unpaired) electrons. The van der Waals surface area contributed by atoms with Crippen LogP contribution in [0.2, 0.25) is 5.02 Å². The van der Waals surface area contributed by atoms with Crippen LogP contribution in [0.3, 0.4) is 0 Å². The van der Waals surface area contributed by atoms with Crippen molar-refractivity contribution in [2.24, 2.45) is 0 Å². The molecular formula is C12H14ClN3O. The molecule has 4 nitrogen and oxygen atoms in total. The Morgan fingerprint density at radius 3 is 2.88 bits per heavy atom. The van der Waals surface area contributed by atoms with Gasteiger partial charge in [-0.05, 0) is 24.6 Å². The van der Waals surface area contributed by atoms with Crippen molar-refractivity contribution >= 4 is 17.4 Å². The van der Waals surface area contributed by atoms with Crippen LogP contribution >= 0.6 is 11.6 Å². The van der Waals surface area contributed by atoms with Crippen LogP contribution in [0.5, 0.6) is 5.75 Å². The van der Waals surface area contributed by atoms with Gasteiger partial charge in [-0.2, -0.15) is 5.10 Å². The molecule has 5 heteroatoms. The first kappa shape index (κ1) is 11.8. The van der Waals surface area contributed by atoms with Crippen molar-refractivity contribution < 1.29 is 4.74 Å². The van der Waals surface area contributed by atoms with Crippen LogP contribution in [0.25, 0.3) is 11.3 Å². The molecule has 1 heterocycles. The third-order valence-corrected chi connectivity index (χ3v) is 2.92. The van der Waals surface area contributed by atoms with Gasteiger partial charge in [-0.25, -0.2) is 0 Å². The van der Waals surface area contributed by atoms with E-state index in [9.17, 15) is 0 Å². The van der Waals surface area contributed by atoms with Gasteiger partial charge in [-0.1, -0.05) is 18.5 Å². The molecule has 0 unspecified atom stereocenters. The van der Waals surface area contributed by atoms with E-state index in [4.69, 9.17) is 22.1 Å². The third kappa shape index (κ3) is 2.08. The number of H-pyrrole nitrogens is 1. The van der Waals surface area contributed by atoms with E-state index < -0.39 is 0 Å². The maximum absolute atomic E-state index is 5.93. The van der Waals surface area contributed by atoms with E-state index in [2.05, 4.69) is 10.2 Å². The van der Waals surface area contributed by atoms with Crippen molar-refractivity contribution in [2.75, 3.05) is 12.8 Å². The molecule has 1 aromatic heterocycles. The summed E-state index contributed by atoms with van der Waals surface area (Å²) in [5.74, 6) is 1.23. The molecule has 0 spiro atoms. The maximum atomic E-state index is 5.93. The molecule has 0 bridgehead atoms. The summed E-state index contributed by atoms with van der Waals surface area (Å²) in [7, 11) is 1.61. The highest BCUT2D eigenvalue weighted by Crippen LogP contribution is 2.34. The van der Waals surface area contributed by atoms with Gasteiger partial charge in [0.2, 0.25) is 0 Å². The van der Waals surface area contributed by atoms with Crippen LogP contribution in [0.4, 0.5) is 5.82 Å². The Balaban J connectivity index is 2.59. The molecule has 2 aromatic rings. The zero-order valence-corrected chi connectivity index (χ0v) is 10.5. The van der Waals surface area contributed by atoms with Gasteiger partial charge in [0.05, 0.1) is 12.8 Å². The zero-order valence-electron chi connectivity index (χ0n) is 9.75. The number of aromatic amines is 1. The Kier molecular flexibility index (Phi) is 3.24. The SMILES string of the molecule is CCc1c(N)n[nH]c1-c1ccc(Cl)cc1OC. The van der Waals surface area contributed by atoms with Crippen molar-refractivity contribution in [1.29, 1.82) is 0 Å². The van der Waals surface area contributed by atoms with Gasteiger partial charge >= 0.3 is 0 Å². The number of nitrogens with one attached hydrogen (secondary N) is 1. The number of rotatable bonds is 3. The van der Waals surface area contributed by atoms with Crippen LogP contribution in [0.15, 0.2) is 18.2 Å². The number of hydrogen-bond donors (Lipinski definition) is 2. The lowest BCUT2D eigenvalue weighted by molar-refractivity contribution is 0.416. The highest BCUT2D eigenvalue weighted by molar-refractivity contribution is 6.30. The van der Waals surface area contributed by atoms with Crippen LogP contribution in [0.1, 0.15) is 12.5 Å². The standard InChI is InChI=1S/C12H14ClN3O/c1-3-8-11(15-16-12(8)14)9-5-4-7(13)6-10(9)17-2/h4-6H,3H2,1-2H3,(H3,14,15,16). The quantitative estimate of drug-likeness (QED) is 0.882. The average molecular weight is 252 g/mol. The van der Waals surface area contributed by atoms with Crippen molar-refractivity contribution in [2.45, 2.75) is 13.3 Å². The van der Waals surface area contributed by atoms with E-state index in [1.165, 1.54) is 0 Å². The molecule has 0 aliphatic rings. The molecule has 0 amide bonds. The van der Waals surface area contributed by atoms with Gasteiger partial charge in [-0.3, -0.25) is 5.10 Å². The number of hydrogen-bond acceptors (Lipinski definition) is 3. The van der Waals surface area contributed by atoms with E-state index in [1.54, 1.807) is 13.2 Å². The Labute approximate surface area is 105 Å². The number of nitrogens with two attached hydrogens (primary N) is 1. The molecule has 2 rings (SSSR count). The molecule has 1 aromatic carbocycles. The van der Waals surface area contributed by atoms with Gasteiger partial charge in [0, 0.05) is 16.1 Å². The minimum absolute atomic E-state index is 0.527. The Morgan fingerprint density at radius 2 is 2.24 bits per heavy atom. The second-order valence-electron chi connectivity index (χ2n) is 3.66. The number of nitrogens with zero attached hydrogens (tertiary/aromatic N) is 1. The number of methoxy groups -OCH3 is 1. The second-order valence-corrected chi connectivity index (χ2v) is 4.10. The highest BCUT2D eigenvalue weighted by Gasteiger charge is 2.14. The predicted octanol–water partition coefficient (Wildman–Crippen LogP) is 2.88. The summed E-state index contributed by atoms with van der Waals surface area (Å²) < 4.78 is 5.32. The number of halogens is 1. The molecule has 0 aliphatic heterocycles. The minimum atomic E-state index is 0.527. The van der Waals surface area contributed by atoms with Crippen molar-refractivity contribution in [3.63, 3.8) is 0 Å². The van der Waals surface area contributed by atoms with E-state index in [1.807, 2.05) is 19.1 Å². The molecular weight excluding hydrogens is 238 g/mol. The van der Waals surface area contributed by atoms with E-state index in [0.29, 0.717) is 16.6 Å². The molecule has 0 aliphatic carbocycles. The number of nitrogen functional groups attached to an aromatic ring is 1. The minimum Gasteiger partial charge on any atom is -0.496 e. The van der Waals surface area contributed by atoms with Crippen molar-refractivity contribution in [1.82, 2.24) is 10.2 Å². The van der Waals surface area contributed by atoms with Crippen LogP contribution in [-0.4, -0.2) is 17.3 Å². The summed E-state index contributed by atoms with van der Waals surface area (Å²) in [6.45, 7) is 2.03. The van der Waals surface area contributed by atoms with Gasteiger partial charge in [0.15, 0.2) is 0 Å². The maximum Gasteiger partial charge on any atom is 0.149 e. The summed E-state index contributed by atoms with van der Waals surface area (Å²) in [5, 5.41) is 7.60. The molecule has 0 saturated carbocycles. The summed E-state index contributed by atoms with van der Waals surface area (Å²) in [5.41, 5.74) is 8.60. The first-order valence-electron chi connectivity index (χ1n) is 5.34. The molecule has 3 N–H and O–H groups in total. The van der Waals surface area contributed by atoms with E-state index in [0.717, 1.165) is 23.2 Å². The Bertz CT molecular complexity index is 537. The van der Waals surface area contributed by atoms with Gasteiger partial charge in [0.25, 0.3) is 0 Å². The summed E-state index contributed by atoms with van der Waals surface area (Å²) in [6, 6.07) is 5.48. The van der Waals surface area contributed by atoms with E-state index >= 15 is 0 Å². The Hall–Kier alpha value is -1.68. The number of aromatic nitrogens is 2. The summed E-state index contributed by atoms with van der Waals surface area (Å²) in [6.07, 6.45) is 0.809. The lowest BCUT2D eigenvalue weighted by Gasteiger charge is -2.08. The van der Waals surface area contributed by atoms with Gasteiger partial charge < -0.3 is 10.5 Å². The second kappa shape index (κ2) is 4.67. The largest absolute Gasteiger partial charge is 0.496 e. The van der Waals surface area contributed by atoms with Crippen molar-refractivity contribution in [3.05, 3.63) is 28.8 Å². The smallest absolute Gasteiger partial charge is 0.149 e. The number of ether oxygens (including phenoxy) is 1.